The van der Waals surface area contributed by atoms with Gasteiger partial charge in [-0.2, -0.15) is 9.90 Å². The topological polar surface area (TPSA) is 108 Å². The molecule has 0 aromatic carbocycles. The van der Waals surface area contributed by atoms with E-state index >= 15 is 0 Å². The Morgan fingerprint density at radius 2 is 2.17 bits per heavy atom. The minimum absolute atomic E-state index is 0.185. The molecule has 3 rings (SSSR count). The van der Waals surface area contributed by atoms with Gasteiger partial charge in [-0.05, 0) is 32.1 Å². The molecule has 0 saturated heterocycles. The van der Waals surface area contributed by atoms with E-state index in [1.165, 1.54) is 4.80 Å². The maximum absolute atomic E-state index is 12.2. The maximum atomic E-state index is 12.2. The number of nitrogens with one attached hydrogen (secondary N) is 1. The van der Waals surface area contributed by atoms with Crippen molar-refractivity contribution < 1.29 is 9.53 Å². The summed E-state index contributed by atoms with van der Waals surface area (Å²) in [5.41, 5.74) is 1.81. The summed E-state index contributed by atoms with van der Waals surface area (Å²) in [5, 5.41) is 22.9. The summed E-state index contributed by atoms with van der Waals surface area (Å²) < 4.78 is 5.36. The fraction of sp³-hybridized carbons (Fsp3) is 0.571. The van der Waals surface area contributed by atoms with E-state index < -0.39 is 0 Å². The van der Waals surface area contributed by atoms with Gasteiger partial charge in [-0.15, -0.1) is 15.3 Å². The van der Waals surface area contributed by atoms with Crippen LogP contribution in [0.2, 0.25) is 0 Å². The van der Waals surface area contributed by atoms with Crippen LogP contribution in [0.15, 0.2) is 6.07 Å². The molecule has 0 aliphatic carbocycles. The van der Waals surface area contributed by atoms with Gasteiger partial charge in [0.1, 0.15) is 0 Å². The molecule has 2 aromatic heterocycles. The molecule has 0 bridgehead atoms. The molecule has 0 spiro atoms. The monoisotopic (exact) mass is 317 g/mol. The van der Waals surface area contributed by atoms with E-state index in [0.29, 0.717) is 19.0 Å². The number of fused-ring (bicyclic) bond motifs is 1. The number of rotatable bonds is 3. The van der Waals surface area contributed by atoms with Crippen LogP contribution < -0.4 is 5.32 Å². The molecule has 1 aliphatic rings. The number of carbonyl (C=O) groups is 1. The Balaban J connectivity index is 1.64. The van der Waals surface area contributed by atoms with E-state index in [-0.39, 0.29) is 23.7 Å². The fourth-order valence-corrected chi connectivity index (χ4v) is 2.10. The third-order valence-corrected chi connectivity index (χ3v) is 3.40. The van der Waals surface area contributed by atoms with Gasteiger partial charge in [0.15, 0.2) is 11.5 Å². The van der Waals surface area contributed by atoms with Crippen molar-refractivity contribution in [1.29, 1.82) is 0 Å². The second kappa shape index (κ2) is 5.99. The van der Waals surface area contributed by atoms with Crippen LogP contribution in [0.5, 0.6) is 0 Å². The van der Waals surface area contributed by atoms with Gasteiger partial charge < -0.3 is 10.1 Å². The number of hydrogen-bond donors (Lipinski definition) is 1. The SMILES string of the molecule is CC(C)(C)n1nnc(CNC(=O)c2cc3c(nn2)CCOC3)n1. The molecule has 9 heteroatoms. The van der Waals surface area contributed by atoms with Crippen LogP contribution >= 0.6 is 0 Å². The molecule has 0 fully saturated rings. The number of carbonyl (C=O) groups excluding carboxylic acids is 1. The van der Waals surface area contributed by atoms with Crippen molar-refractivity contribution in [1.82, 2.24) is 35.7 Å². The van der Waals surface area contributed by atoms with Gasteiger partial charge in [0.05, 0.1) is 31.0 Å². The number of tetrazole rings is 1. The maximum Gasteiger partial charge on any atom is 0.272 e. The molecule has 3 heterocycles. The zero-order valence-electron chi connectivity index (χ0n) is 13.4. The van der Waals surface area contributed by atoms with E-state index in [9.17, 15) is 4.79 Å². The number of ether oxygens (including phenoxy) is 1. The van der Waals surface area contributed by atoms with Crippen molar-refractivity contribution in [3.8, 4) is 0 Å². The summed E-state index contributed by atoms with van der Waals surface area (Å²) in [6.45, 7) is 7.21. The molecule has 9 nitrogen and oxygen atoms in total. The summed E-state index contributed by atoms with van der Waals surface area (Å²) in [6.07, 6.45) is 0.726. The summed E-state index contributed by atoms with van der Waals surface area (Å²) in [6, 6.07) is 1.72. The van der Waals surface area contributed by atoms with Crippen molar-refractivity contribution in [3.05, 3.63) is 28.8 Å². The van der Waals surface area contributed by atoms with E-state index in [1.807, 2.05) is 20.8 Å². The molecule has 23 heavy (non-hydrogen) atoms. The lowest BCUT2D eigenvalue weighted by molar-refractivity contribution is 0.0939. The molecule has 122 valence electrons. The van der Waals surface area contributed by atoms with Crippen LogP contribution in [0.3, 0.4) is 0 Å². The summed E-state index contributed by atoms with van der Waals surface area (Å²) in [7, 11) is 0. The van der Waals surface area contributed by atoms with Gasteiger partial charge in [-0.3, -0.25) is 4.79 Å². The van der Waals surface area contributed by atoms with Crippen molar-refractivity contribution >= 4 is 5.91 Å². The second-order valence-electron chi connectivity index (χ2n) is 6.35. The minimum Gasteiger partial charge on any atom is -0.376 e. The molecule has 1 aliphatic heterocycles. The molecule has 0 atom stereocenters. The predicted octanol–water partition coefficient (Wildman–Crippen LogP) is 0.221. The molecular formula is C14H19N7O2. The molecule has 2 aromatic rings. The highest BCUT2D eigenvalue weighted by Crippen LogP contribution is 2.14. The quantitative estimate of drug-likeness (QED) is 0.862. The Hall–Kier alpha value is -2.42. The Bertz CT molecular complexity index is 720. The van der Waals surface area contributed by atoms with Crippen molar-refractivity contribution in [2.75, 3.05) is 6.61 Å². The Morgan fingerprint density at radius 3 is 2.91 bits per heavy atom. The van der Waals surface area contributed by atoms with Crippen molar-refractivity contribution in [2.45, 2.75) is 45.9 Å². The number of amides is 1. The van der Waals surface area contributed by atoms with E-state index in [2.05, 4.69) is 30.9 Å². The number of hydrogen-bond acceptors (Lipinski definition) is 7. The smallest absolute Gasteiger partial charge is 0.272 e. The normalized spacial score (nSPS) is 14.4. The molecule has 0 unspecified atom stereocenters. The van der Waals surface area contributed by atoms with Crippen molar-refractivity contribution in [3.63, 3.8) is 0 Å². The third kappa shape index (κ3) is 3.50. The Morgan fingerprint density at radius 1 is 1.35 bits per heavy atom. The largest absolute Gasteiger partial charge is 0.376 e. The lowest BCUT2D eigenvalue weighted by Crippen LogP contribution is -2.27. The van der Waals surface area contributed by atoms with E-state index in [4.69, 9.17) is 4.74 Å². The van der Waals surface area contributed by atoms with Crippen LogP contribution in [0, 0.1) is 0 Å². The highest BCUT2D eigenvalue weighted by molar-refractivity contribution is 5.92. The lowest BCUT2D eigenvalue weighted by atomic mass is 10.1. The first-order valence-electron chi connectivity index (χ1n) is 7.44. The van der Waals surface area contributed by atoms with Crippen LogP contribution in [0.25, 0.3) is 0 Å². The Kier molecular flexibility index (Phi) is 4.03. The minimum atomic E-state index is -0.321. The number of aromatic nitrogens is 6. The highest BCUT2D eigenvalue weighted by atomic mass is 16.5. The van der Waals surface area contributed by atoms with Crippen LogP contribution in [0.4, 0.5) is 0 Å². The summed E-state index contributed by atoms with van der Waals surface area (Å²) >= 11 is 0. The first-order chi connectivity index (χ1) is 10.9. The van der Waals surface area contributed by atoms with Gasteiger partial charge in [0.2, 0.25) is 0 Å². The third-order valence-electron chi connectivity index (χ3n) is 3.40. The van der Waals surface area contributed by atoms with Gasteiger partial charge >= 0.3 is 0 Å². The van der Waals surface area contributed by atoms with Gasteiger partial charge in [0, 0.05) is 12.0 Å². The Labute approximate surface area is 133 Å². The average Bonchev–Trinajstić information content (AvgIpc) is 3.01. The van der Waals surface area contributed by atoms with Gasteiger partial charge in [0.25, 0.3) is 5.91 Å². The lowest BCUT2D eigenvalue weighted by Gasteiger charge is -2.15. The van der Waals surface area contributed by atoms with Gasteiger partial charge in [-0.1, -0.05) is 0 Å². The first kappa shape index (κ1) is 15.5. The molecule has 1 amide bonds. The van der Waals surface area contributed by atoms with Crippen LogP contribution in [-0.2, 0) is 29.8 Å². The molecule has 0 radical (unpaired) electrons. The second-order valence-corrected chi connectivity index (χ2v) is 6.35. The average molecular weight is 317 g/mol. The van der Waals surface area contributed by atoms with Crippen molar-refractivity contribution in [2.24, 2.45) is 0 Å². The van der Waals surface area contributed by atoms with Gasteiger partial charge in [-0.25, -0.2) is 0 Å². The fourth-order valence-electron chi connectivity index (χ4n) is 2.10. The standard InChI is InChI=1S/C14H19N7O2/c1-14(2,3)21-19-12(18-20-21)7-15-13(22)11-6-9-8-23-5-4-10(9)16-17-11/h6H,4-5,7-8H2,1-3H3,(H,15,22). The van der Waals surface area contributed by atoms with Crippen LogP contribution in [0.1, 0.15) is 48.3 Å². The van der Waals surface area contributed by atoms with E-state index in [1.54, 1.807) is 6.07 Å². The number of nitrogens with zero attached hydrogens (tertiary/aromatic N) is 6. The zero-order valence-corrected chi connectivity index (χ0v) is 13.4. The van der Waals surface area contributed by atoms with Crippen LogP contribution in [-0.4, -0.2) is 42.9 Å². The highest BCUT2D eigenvalue weighted by Gasteiger charge is 2.18. The zero-order chi connectivity index (χ0) is 16.4. The summed E-state index contributed by atoms with van der Waals surface area (Å²) in [5.74, 6) is 0.125. The molecule has 1 N–H and O–H groups in total. The molecular weight excluding hydrogens is 298 g/mol. The van der Waals surface area contributed by atoms with E-state index in [0.717, 1.165) is 17.7 Å². The predicted molar refractivity (Wildman–Crippen MR) is 79.4 cm³/mol. The molecule has 0 saturated carbocycles. The summed E-state index contributed by atoms with van der Waals surface area (Å²) in [4.78, 5) is 13.7. The first-order valence-corrected chi connectivity index (χ1v) is 7.44.